The fourth-order valence-electron chi connectivity index (χ4n) is 3.03. The second-order valence-electron chi connectivity index (χ2n) is 6.69. The Balaban J connectivity index is 1.42. The van der Waals surface area contributed by atoms with Gasteiger partial charge in [-0.2, -0.15) is 0 Å². The summed E-state index contributed by atoms with van der Waals surface area (Å²) < 4.78 is 3.18. The number of carbonyl (C=O) groups excluding carboxylic acids is 1. The summed E-state index contributed by atoms with van der Waals surface area (Å²) in [6.45, 7) is 0.573. The zero-order valence-corrected chi connectivity index (χ0v) is 15.9. The topological polar surface area (TPSA) is 81.0 Å². The minimum atomic E-state index is -0.361. The number of anilines is 1. The highest BCUT2D eigenvalue weighted by Crippen LogP contribution is 2.36. The fraction of sp³-hybridized carbons (Fsp3) is 0.250. The van der Waals surface area contributed by atoms with E-state index >= 15 is 0 Å². The van der Waals surface area contributed by atoms with Crippen LogP contribution in [0.25, 0.3) is 11.4 Å². The summed E-state index contributed by atoms with van der Waals surface area (Å²) in [5, 5.41) is 10.5. The van der Waals surface area contributed by atoms with Crippen LogP contribution < -0.4 is 16.3 Å². The third-order valence-corrected chi connectivity index (χ3v) is 4.74. The van der Waals surface area contributed by atoms with Gasteiger partial charge in [0.25, 0.3) is 0 Å². The molecule has 1 aliphatic carbocycles. The van der Waals surface area contributed by atoms with Crippen LogP contribution in [0.1, 0.15) is 18.9 Å². The monoisotopic (exact) mass is 397 g/mol. The minimum absolute atomic E-state index is 0.140. The van der Waals surface area contributed by atoms with E-state index < -0.39 is 0 Å². The maximum Gasteiger partial charge on any atom is 0.346 e. The van der Waals surface area contributed by atoms with Crippen LogP contribution in [0.4, 0.5) is 10.5 Å². The average Bonchev–Trinajstić information content (AvgIpc) is 3.47. The van der Waals surface area contributed by atoms with E-state index in [1.807, 2.05) is 30.3 Å². The van der Waals surface area contributed by atoms with Crippen LogP contribution in [0.15, 0.2) is 59.4 Å². The van der Waals surface area contributed by atoms with Crippen LogP contribution in [0.3, 0.4) is 0 Å². The Hall–Kier alpha value is -3.06. The third-order valence-electron chi connectivity index (χ3n) is 4.51. The Kier molecular flexibility index (Phi) is 5.16. The SMILES string of the molecule is O=C(NCCn1nc(-c2ccccc2)n(C2CC2)c1=O)Nc1cccc(Cl)c1. The van der Waals surface area contributed by atoms with E-state index in [1.165, 1.54) is 4.68 Å². The normalized spacial score (nSPS) is 13.3. The number of aromatic nitrogens is 3. The largest absolute Gasteiger partial charge is 0.346 e. The van der Waals surface area contributed by atoms with Gasteiger partial charge < -0.3 is 10.6 Å². The average molecular weight is 398 g/mol. The molecule has 0 aliphatic heterocycles. The molecule has 0 unspecified atom stereocenters. The molecule has 1 aliphatic rings. The second kappa shape index (κ2) is 7.90. The number of benzene rings is 2. The first-order chi connectivity index (χ1) is 13.6. The molecule has 1 heterocycles. The molecule has 1 fully saturated rings. The Bertz CT molecular complexity index is 1040. The number of rotatable bonds is 6. The number of amides is 2. The van der Waals surface area contributed by atoms with E-state index in [2.05, 4.69) is 15.7 Å². The fourth-order valence-corrected chi connectivity index (χ4v) is 3.22. The van der Waals surface area contributed by atoms with Crippen LogP contribution in [0, 0.1) is 0 Å². The Morgan fingerprint density at radius 2 is 1.93 bits per heavy atom. The summed E-state index contributed by atoms with van der Waals surface area (Å²) in [5.74, 6) is 0.677. The molecule has 0 radical (unpaired) electrons. The molecule has 4 rings (SSSR count). The van der Waals surface area contributed by atoms with Gasteiger partial charge in [0, 0.05) is 28.9 Å². The van der Waals surface area contributed by atoms with Crippen LogP contribution in [-0.4, -0.2) is 26.9 Å². The second-order valence-corrected chi connectivity index (χ2v) is 7.12. The van der Waals surface area contributed by atoms with Crippen molar-refractivity contribution in [1.82, 2.24) is 19.7 Å². The van der Waals surface area contributed by atoms with Gasteiger partial charge in [0.05, 0.1) is 6.54 Å². The first kappa shape index (κ1) is 18.3. The lowest BCUT2D eigenvalue weighted by Gasteiger charge is -2.07. The molecule has 0 spiro atoms. The van der Waals surface area contributed by atoms with E-state index in [4.69, 9.17) is 11.6 Å². The summed E-state index contributed by atoms with van der Waals surface area (Å²) in [4.78, 5) is 24.8. The smallest absolute Gasteiger partial charge is 0.336 e. The number of halogens is 1. The summed E-state index contributed by atoms with van der Waals surface area (Å²) in [7, 11) is 0. The van der Waals surface area contributed by atoms with Gasteiger partial charge in [0.1, 0.15) is 0 Å². The van der Waals surface area contributed by atoms with Crippen molar-refractivity contribution in [3.05, 3.63) is 70.1 Å². The van der Waals surface area contributed by atoms with Gasteiger partial charge in [-0.15, -0.1) is 5.10 Å². The molecule has 2 aromatic carbocycles. The van der Waals surface area contributed by atoms with Crippen molar-refractivity contribution in [2.45, 2.75) is 25.4 Å². The molecule has 0 saturated heterocycles. The standard InChI is InChI=1S/C20H20ClN5O2/c21-15-7-4-8-16(13-15)23-19(27)22-11-12-25-20(28)26(17-9-10-17)18(24-25)14-5-2-1-3-6-14/h1-8,13,17H,9-12H2,(H2,22,23,27). The summed E-state index contributed by atoms with van der Waals surface area (Å²) >= 11 is 5.91. The van der Waals surface area contributed by atoms with E-state index in [9.17, 15) is 9.59 Å². The number of urea groups is 1. The summed E-state index contributed by atoms with van der Waals surface area (Å²) in [6.07, 6.45) is 1.98. The van der Waals surface area contributed by atoms with Gasteiger partial charge in [0.15, 0.2) is 5.82 Å². The van der Waals surface area contributed by atoms with Crippen molar-refractivity contribution < 1.29 is 4.79 Å². The molecule has 8 heteroatoms. The molecule has 1 aromatic heterocycles. The molecular formula is C20H20ClN5O2. The first-order valence-corrected chi connectivity index (χ1v) is 9.55. The van der Waals surface area contributed by atoms with E-state index in [0.29, 0.717) is 23.1 Å². The number of carbonyl (C=O) groups is 1. The van der Waals surface area contributed by atoms with Gasteiger partial charge >= 0.3 is 11.7 Å². The molecular weight excluding hydrogens is 378 g/mol. The quantitative estimate of drug-likeness (QED) is 0.667. The van der Waals surface area contributed by atoms with Crippen LogP contribution >= 0.6 is 11.6 Å². The molecule has 2 amide bonds. The summed E-state index contributed by atoms with van der Waals surface area (Å²) in [6, 6.07) is 16.4. The number of hydrogen-bond donors (Lipinski definition) is 2. The third kappa shape index (κ3) is 4.09. The molecule has 1 saturated carbocycles. The predicted molar refractivity (Wildman–Crippen MR) is 109 cm³/mol. The van der Waals surface area contributed by atoms with Gasteiger partial charge in [-0.05, 0) is 31.0 Å². The van der Waals surface area contributed by atoms with Crippen molar-refractivity contribution in [2.75, 3.05) is 11.9 Å². The van der Waals surface area contributed by atoms with Crippen molar-refractivity contribution in [3.8, 4) is 11.4 Å². The Morgan fingerprint density at radius 1 is 1.14 bits per heavy atom. The van der Waals surface area contributed by atoms with Gasteiger partial charge in [0.2, 0.25) is 0 Å². The maximum atomic E-state index is 12.8. The van der Waals surface area contributed by atoms with Gasteiger partial charge in [-0.3, -0.25) is 4.57 Å². The lowest BCUT2D eigenvalue weighted by Crippen LogP contribution is -2.34. The van der Waals surface area contributed by atoms with E-state index in [-0.39, 0.29) is 24.3 Å². The highest BCUT2D eigenvalue weighted by atomic mass is 35.5. The summed E-state index contributed by atoms with van der Waals surface area (Å²) in [5.41, 5.74) is 1.38. The Morgan fingerprint density at radius 3 is 2.64 bits per heavy atom. The highest BCUT2D eigenvalue weighted by Gasteiger charge is 2.30. The minimum Gasteiger partial charge on any atom is -0.336 e. The van der Waals surface area contributed by atoms with Crippen LogP contribution in [0.5, 0.6) is 0 Å². The molecule has 144 valence electrons. The highest BCUT2D eigenvalue weighted by molar-refractivity contribution is 6.30. The van der Waals surface area contributed by atoms with Crippen molar-refractivity contribution in [1.29, 1.82) is 0 Å². The number of nitrogens with zero attached hydrogens (tertiary/aromatic N) is 3. The number of hydrogen-bond acceptors (Lipinski definition) is 3. The van der Waals surface area contributed by atoms with Crippen molar-refractivity contribution in [3.63, 3.8) is 0 Å². The maximum absolute atomic E-state index is 12.8. The molecule has 28 heavy (non-hydrogen) atoms. The molecule has 7 nitrogen and oxygen atoms in total. The van der Waals surface area contributed by atoms with E-state index in [1.54, 1.807) is 28.8 Å². The first-order valence-electron chi connectivity index (χ1n) is 9.17. The number of nitrogens with one attached hydrogen (secondary N) is 2. The molecule has 3 aromatic rings. The van der Waals surface area contributed by atoms with Gasteiger partial charge in [-0.25, -0.2) is 14.3 Å². The zero-order chi connectivity index (χ0) is 19.5. The lowest BCUT2D eigenvalue weighted by molar-refractivity contribution is 0.251. The van der Waals surface area contributed by atoms with E-state index in [0.717, 1.165) is 18.4 Å². The van der Waals surface area contributed by atoms with Crippen LogP contribution in [-0.2, 0) is 6.54 Å². The molecule has 2 N–H and O–H groups in total. The van der Waals surface area contributed by atoms with Gasteiger partial charge in [-0.1, -0.05) is 48.0 Å². The Labute approximate surface area is 166 Å². The molecule has 0 bridgehead atoms. The zero-order valence-electron chi connectivity index (χ0n) is 15.1. The predicted octanol–water partition coefficient (Wildman–Crippen LogP) is 3.52. The lowest BCUT2D eigenvalue weighted by atomic mass is 10.2. The molecule has 0 atom stereocenters. The van der Waals surface area contributed by atoms with Crippen LogP contribution in [0.2, 0.25) is 5.02 Å². The van der Waals surface area contributed by atoms with Crippen molar-refractivity contribution in [2.24, 2.45) is 0 Å². The van der Waals surface area contributed by atoms with Crippen molar-refractivity contribution >= 4 is 23.3 Å².